The Bertz CT molecular complexity index is 164. The maximum absolute atomic E-state index is 9.21. The van der Waals surface area contributed by atoms with Crippen LogP contribution in [0.3, 0.4) is 0 Å². The summed E-state index contributed by atoms with van der Waals surface area (Å²) in [6, 6.07) is 0. The van der Waals surface area contributed by atoms with Crippen molar-refractivity contribution >= 4 is 12.2 Å². The Balaban J connectivity index is 4.04. The van der Waals surface area contributed by atoms with Crippen molar-refractivity contribution in [1.29, 1.82) is 0 Å². The molecule has 0 saturated carbocycles. The minimum atomic E-state index is -0.236. The van der Waals surface area contributed by atoms with Gasteiger partial charge >= 0.3 is 0 Å². The Morgan fingerprint density at radius 1 is 1.25 bits per heavy atom. The van der Waals surface area contributed by atoms with Crippen LogP contribution in [-0.4, -0.2) is 17.1 Å². The summed E-state index contributed by atoms with van der Waals surface area (Å²) < 4.78 is 0. The van der Waals surface area contributed by atoms with Crippen molar-refractivity contribution in [3.63, 3.8) is 0 Å². The van der Waals surface area contributed by atoms with Gasteiger partial charge in [-0.1, -0.05) is 0 Å². The zero-order chi connectivity index (χ0) is 6.41. The van der Waals surface area contributed by atoms with Crippen LogP contribution >= 0.6 is 0 Å². The summed E-state index contributed by atoms with van der Waals surface area (Å²) in [5, 5.41) is 4.94. The van der Waals surface area contributed by atoms with E-state index in [4.69, 9.17) is 5.53 Å². The second-order valence-corrected chi connectivity index (χ2v) is 0.651. The summed E-state index contributed by atoms with van der Waals surface area (Å²) >= 11 is 0. The van der Waals surface area contributed by atoms with E-state index >= 15 is 0 Å². The fraction of sp³-hybridized carbons (Fsp3) is 0. The molecular weight excluding hydrogens is 112 g/mol. The summed E-state index contributed by atoms with van der Waals surface area (Å²) in [6.45, 7) is 0. The minimum absolute atomic E-state index is 0.236. The average Bonchev–Trinajstić information content (AvgIpc) is 1.68. The van der Waals surface area contributed by atoms with E-state index in [1.165, 1.54) is 0 Å². The molecule has 0 bridgehead atoms. The zero-order valence-corrected chi connectivity index (χ0v) is 3.61. The largest absolute Gasteiger partial charge is 0.223 e. The highest BCUT2D eigenvalue weighted by Gasteiger charge is 1.76. The molecule has 0 aliphatic carbocycles. The second-order valence-electron chi connectivity index (χ2n) is 0.651. The van der Waals surface area contributed by atoms with Gasteiger partial charge in [0.25, 0.3) is 0 Å². The maximum atomic E-state index is 9.21. The molecule has 40 valence electrons. The van der Waals surface area contributed by atoms with E-state index in [-0.39, 0.29) is 4.92 Å². The molecule has 0 radical (unpaired) electrons. The first-order valence-corrected chi connectivity index (χ1v) is 1.46. The number of hydrogen-bond donors (Lipinski definition) is 0. The quantitative estimate of drug-likeness (QED) is 0.159. The molecule has 6 heteroatoms. The van der Waals surface area contributed by atoms with Gasteiger partial charge in [0.05, 0.1) is 0 Å². The van der Waals surface area contributed by atoms with Gasteiger partial charge in [-0.3, -0.25) is 0 Å². The Morgan fingerprint density at radius 3 is 1.88 bits per heavy atom. The van der Waals surface area contributed by atoms with Crippen LogP contribution in [0.5, 0.6) is 0 Å². The highest BCUT2D eigenvalue weighted by atomic mass is 16.1. The highest BCUT2D eigenvalue weighted by molar-refractivity contribution is 5.32. The summed E-state index contributed by atoms with van der Waals surface area (Å²) in [5.41, 5.74) is 8.02. The van der Waals surface area contributed by atoms with Crippen molar-refractivity contribution in [1.82, 2.24) is 0 Å². The topological polar surface area (TPSA) is 84.2 Å². The molecule has 0 aliphatic heterocycles. The number of isocyanates is 2. The fourth-order valence-corrected chi connectivity index (χ4v) is 0.0954. The second kappa shape index (κ2) is 3.55. The highest BCUT2D eigenvalue weighted by Crippen LogP contribution is 1.69. The predicted octanol–water partition coefficient (Wildman–Crippen LogP) is -0.478. The van der Waals surface area contributed by atoms with E-state index in [2.05, 4.69) is 10.2 Å². The van der Waals surface area contributed by atoms with Crippen LogP contribution < -0.4 is 0 Å². The Hall–Kier alpha value is -1.64. The van der Waals surface area contributed by atoms with Crippen LogP contribution in [0.4, 0.5) is 0 Å². The van der Waals surface area contributed by atoms with Crippen molar-refractivity contribution in [3.05, 3.63) is 5.53 Å². The molecule has 0 saturated heterocycles. The van der Waals surface area contributed by atoms with Gasteiger partial charge in [-0.15, -0.1) is 0 Å². The van der Waals surface area contributed by atoms with Crippen molar-refractivity contribution in [2.45, 2.75) is 0 Å². The van der Waals surface area contributed by atoms with Crippen LogP contribution in [0.2, 0.25) is 0 Å². The molecule has 0 unspecified atom stereocenters. The molecule has 0 aromatic carbocycles. The van der Waals surface area contributed by atoms with Crippen LogP contribution in [0.1, 0.15) is 0 Å². The summed E-state index contributed by atoms with van der Waals surface area (Å²) in [7, 11) is 0. The van der Waals surface area contributed by atoms with Crippen LogP contribution in [0, 0.1) is 0 Å². The van der Waals surface area contributed by atoms with Crippen LogP contribution in [0.15, 0.2) is 10.2 Å². The lowest BCUT2D eigenvalue weighted by atomic mass is 11.6. The Kier molecular flexibility index (Phi) is 2.82. The number of carbonyl (C=O) groups excluding carboxylic acids is 2. The molecule has 6 nitrogen and oxygen atoms in total. The van der Waals surface area contributed by atoms with Crippen molar-refractivity contribution in [3.8, 4) is 0 Å². The van der Waals surface area contributed by atoms with Crippen LogP contribution in [0.25, 0.3) is 5.53 Å². The number of nitrogens with zero attached hydrogens (tertiary/aromatic N) is 4. The van der Waals surface area contributed by atoms with Gasteiger partial charge in [-0.05, 0) is 15.7 Å². The predicted molar refractivity (Wildman–Crippen MR) is 19.9 cm³/mol. The third kappa shape index (κ3) is 2.59. The third-order valence-electron chi connectivity index (χ3n) is 0.261. The van der Waals surface area contributed by atoms with Crippen molar-refractivity contribution in [2.24, 2.45) is 10.2 Å². The van der Waals surface area contributed by atoms with Crippen molar-refractivity contribution in [2.75, 3.05) is 0 Å². The summed E-state index contributed by atoms with van der Waals surface area (Å²) in [5.74, 6) is 0. The van der Waals surface area contributed by atoms with Gasteiger partial charge < -0.3 is 0 Å². The summed E-state index contributed by atoms with van der Waals surface area (Å²) in [6.07, 6.45) is 1.86. The van der Waals surface area contributed by atoms with E-state index in [1.54, 1.807) is 0 Å². The average molecular weight is 112 g/mol. The molecule has 0 aromatic rings. The molecule has 0 atom stereocenters. The molecule has 0 rings (SSSR count). The normalized spacial score (nSPS) is 6.00. The van der Waals surface area contributed by atoms with E-state index < -0.39 is 0 Å². The lowest BCUT2D eigenvalue weighted by Crippen LogP contribution is -1.82. The molecule has 0 spiro atoms. The van der Waals surface area contributed by atoms with Gasteiger partial charge in [0, 0.05) is 4.92 Å². The molecule has 0 N–H and O–H groups in total. The molecule has 0 aromatic heterocycles. The first kappa shape index (κ1) is 6.36. The van der Waals surface area contributed by atoms with Gasteiger partial charge in [-0.25, -0.2) is 9.59 Å². The standard InChI is InChI=1S/C2N4O2/c3-6(4-1-7)5-2-8. The van der Waals surface area contributed by atoms with E-state index in [0.29, 0.717) is 0 Å². The van der Waals surface area contributed by atoms with Gasteiger partial charge in [0.2, 0.25) is 12.2 Å². The van der Waals surface area contributed by atoms with Crippen molar-refractivity contribution < 1.29 is 14.5 Å². The summed E-state index contributed by atoms with van der Waals surface area (Å²) in [4.78, 5) is 18.2. The van der Waals surface area contributed by atoms with Gasteiger partial charge in [0.1, 0.15) is 0 Å². The maximum Gasteiger partial charge on any atom is 0.221 e. The first-order chi connectivity index (χ1) is 3.81. The van der Waals surface area contributed by atoms with E-state index in [0.717, 1.165) is 12.2 Å². The van der Waals surface area contributed by atoms with Gasteiger partial charge in [-0.2, -0.15) is 0 Å². The molecule has 0 aliphatic rings. The number of hydrogen-bond acceptors (Lipinski definition) is 2. The molecule has 0 amide bonds. The lowest BCUT2D eigenvalue weighted by Gasteiger charge is -1.71. The van der Waals surface area contributed by atoms with E-state index in [1.807, 2.05) is 0 Å². The molecular formula is C2N4O2. The van der Waals surface area contributed by atoms with Gasteiger partial charge in [0.15, 0.2) is 0 Å². The smallest absolute Gasteiger partial charge is 0.221 e. The molecule has 0 heterocycles. The van der Waals surface area contributed by atoms with Crippen LogP contribution in [-0.2, 0) is 9.59 Å². The number of hydrazone groups is 2. The minimum Gasteiger partial charge on any atom is -0.223 e. The Morgan fingerprint density at radius 2 is 1.62 bits per heavy atom. The zero-order valence-electron chi connectivity index (χ0n) is 3.61. The Labute approximate surface area is 43.6 Å². The molecule has 0 fully saturated rings. The third-order valence-corrected chi connectivity index (χ3v) is 0.261. The lowest BCUT2D eigenvalue weighted by molar-refractivity contribution is -0.559. The first-order valence-electron chi connectivity index (χ1n) is 1.46. The SMILES string of the molecule is [N-]=[N+](N=C=O)N=C=O. The fourth-order valence-electron chi connectivity index (χ4n) is 0.0954. The van der Waals surface area contributed by atoms with E-state index in [9.17, 15) is 9.59 Å². The number of rotatable bonds is 2. The molecule has 8 heavy (non-hydrogen) atoms. The monoisotopic (exact) mass is 112 g/mol.